The van der Waals surface area contributed by atoms with Crippen LogP contribution in [0.4, 0.5) is 0 Å². The van der Waals surface area contributed by atoms with E-state index >= 15 is 0 Å². The Kier molecular flexibility index (Phi) is 3.46. The van der Waals surface area contributed by atoms with E-state index in [1.807, 2.05) is 24.3 Å². The van der Waals surface area contributed by atoms with Crippen LogP contribution < -0.4 is 0 Å². The molecule has 0 N–H and O–H groups in total. The van der Waals surface area contributed by atoms with E-state index in [9.17, 15) is 0 Å². The molecule has 0 saturated carbocycles. The van der Waals surface area contributed by atoms with Crippen molar-refractivity contribution in [3.05, 3.63) is 35.1 Å². The highest BCUT2D eigenvalue weighted by Crippen LogP contribution is 2.12. The van der Waals surface area contributed by atoms with Gasteiger partial charge in [-0.25, -0.2) is 4.98 Å². The summed E-state index contributed by atoms with van der Waals surface area (Å²) in [6, 6.07) is 3.76. The highest BCUT2D eigenvalue weighted by molar-refractivity contribution is 7.80. The molecule has 1 aromatic rings. The first-order chi connectivity index (χ1) is 5.34. The molecule has 0 radical (unpaired) electrons. The van der Waals surface area contributed by atoms with Crippen LogP contribution in [0.2, 0.25) is 5.15 Å². The SMILES string of the molecule is SCC=Cc1cccnc1Cl. The van der Waals surface area contributed by atoms with Crippen molar-refractivity contribution in [3.63, 3.8) is 0 Å². The van der Waals surface area contributed by atoms with Crippen LogP contribution in [0.5, 0.6) is 0 Å². The normalized spacial score (nSPS) is 10.7. The van der Waals surface area contributed by atoms with Gasteiger partial charge < -0.3 is 0 Å². The standard InChI is InChI=1S/C8H8ClNS/c9-8-7(4-2-6-11)3-1-5-10-8/h1-5,11H,6H2. The lowest BCUT2D eigenvalue weighted by molar-refractivity contribution is 1.32. The summed E-state index contributed by atoms with van der Waals surface area (Å²) in [6.45, 7) is 0. The molecular formula is C8H8ClNS. The van der Waals surface area contributed by atoms with Crippen LogP contribution in [0.25, 0.3) is 6.08 Å². The molecule has 0 aromatic carbocycles. The number of halogens is 1. The maximum absolute atomic E-state index is 5.77. The molecule has 0 amide bonds. The van der Waals surface area contributed by atoms with Crippen LogP contribution in [-0.4, -0.2) is 10.7 Å². The van der Waals surface area contributed by atoms with Gasteiger partial charge in [-0.15, -0.1) is 0 Å². The monoisotopic (exact) mass is 185 g/mol. The number of aromatic nitrogens is 1. The maximum atomic E-state index is 5.77. The Balaban J connectivity index is 2.86. The summed E-state index contributed by atoms with van der Waals surface area (Å²) < 4.78 is 0. The number of hydrogen-bond donors (Lipinski definition) is 1. The Morgan fingerprint density at radius 1 is 1.64 bits per heavy atom. The van der Waals surface area contributed by atoms with Crippen molar-refractivity contribution in [2.45, 2.75) is 0 Å². The zero-order chi connectivity index (χ0) is 8.10. The third-order valence-corrected chi connectivity index (χ3v) is 1.72. The van der Waals surface area contributed by atoms with Crippen molar-refractivity contribution in [1.29, 1.82) is 0 Å². The minimum Gasteiger partial charge on any atom is -0.244 e. The van der Waals surface area contributed by atoms with Gasteiger partial charge >= 0.3 is 0 Å². The lowest BCUT2D eigenvalue weighted by atomic mass is 10.3. The first kappa shape index (κ1) is 8.62. The molecule has 0 saturated heterocycles. The van der Waals surface area contributed by atoms with Crippen molar-refractivity contribution in [2.24, 2.45) is 0 Å². The molecule has 1 heterocycles. The summed E-state index contributed by atoms with van der Waals surface area (Å²) in [5.41, 5.74) is 0.934. The van der Waals surface area contributed by atoms with E-state index < -0.39 is 0 Å². The summed E-state index contributed by atoms with van der Waals surface area (Å²) in [4.78, 5) is 3.92. The smallest absolute Gasteiger partial charge is 0.136 e. The topological polar surface area (TPSA) is 12.9 Å². The van der Waals surface area contributed by atoms with Gasteiger partial charge in [0.05, 0.1) is 0 Å². The third-order valence-electron chi connectivity index (χ3n) is 1.19. The van der Waals surface area contributed by atoms with Crippen LogP contribution in [0.15, 0.2) is 24.4 Å². The zero-order valence-corrected chi connectivity index (χ0v) is 7.52. The molecule has 0 aliphatic carbocycles. The Morgan fingerprint density at radius 2 is 2.45 bits per heavy atom. The molecule has 1 aromatic heterocycles. The summed E-state index contributed by atoms with van der Waals surface area (Å²) >= 11 is 9.81. The minimum atomic E-state index is 0.533. The molecule has 3 heteroatoms. The van der Waals surface area contributed by atoms with Crippen LogP contribution in [0.3, 0.4) is 0 Å². The summed E-state index contributed by atoms with van der Waals surface area (Å²) in [5, 5.41) is 0.533. The Bertz CT molecular complexity index is 260. The molecule has 11 heavy (non-hydrogen) atoms. The van der Waals surface area contributed by atoms with Crippen molar-refractivity contribution in [2.75, 3.05) is 5.75 Å². The van der Waals surface area contributed by atoms with Gasteiger partial charge in [0.15, 0.2) is 0 Å². The first-order valence-corrected chi connectivity index (χ1v) is 4.23. The fraction of sp³-hybridized carbons (Fsp3) is 0.125. The van der Waals surface area contributed by atoms with Gasteiger partial charge in [-0.05, 0) is 6.07 Å². The van der Waals surface area contributed by atoms with E-state index in [1.54, 1.807) is 6.20 Å². The number of rotatable bonds is 2. The molecule has 0 aliphatic heterocycles. The fourth-order valence-electron chi connectivity index (χ4n) is 0.702. The van der Waals surface area contributed by atoms with E-state index in [4.69, 9.17) is 11.6 Å². The molecule has 0 atom stereocenters. The van der Waals surface area contributed by atoms with E-state index in [-0.39, 0.29) is 0 Å². The van der Waals surface area contributed by atoms with E-state index in [0.717, 1.165) is 5.56 Å². The summed E-state index contributed by atoms with van der Waals surface area (Å²) in [6.07, 6.45) is 5.49. The average molecular weight is 186 g/mol. The van der Waals surface area contributed by atoms with Gasteiger partial charge in [0.1, 0.15) is 5.15 Å². The highest BCUT2D eigenvalue weighted by Gasteiger charge is 1.92. The second-order valence-corrected chi connectivity index (χ2v) is 2.69. The average Bonchev–Trinajstić information content (AvgIpc) is 2.03. The zero-order valence-electron chi connectivity index (χ0n) is 5.87. The number of thiol groups is 1. The Hall–Kier alpha value is -0.470. The molecule has 0 fully saturated rings. The lowest BCUT2D eigenvalue weighted by Gasteiger charge is -1.93. The minimum absolute atomic E-state index is 0.533. The van der Waals surface area contributed by atoms with E-state index in [0.29, 0.717) is 10.9 Å². The molecule has 0 unspecified atom stereocenters. The Morgan fingerprint density at radius 3 is 3.09 bits per heavy atom. The fourth-order valence-corrected chi connectivity index (χ4v) is 0.990. The predicted octanol–water partition coefficient (Wildman–Crippen LogP) is 2.68. The molecule has 1 nitrogen and oxygen atoms in total. The number of hydrogen-bond acceptors (Lipinski definition) is 2. The molecule has 0 bridgehead atoms. The second kappa shape index (κ2) is 4.42. The van der Waals surface area contributed by atoms with Gasteiger partial charge in [0.25, 0.3) is 0 Å². The maximum Gasteiger partial charge on any atom is 0.136 e. The van der Waals surface area contributed by atoms with Gasteiger partial charge in [-0.3, -0.25) is 0 Å². The molecule has 0 spiro atoms. The van der Waals surface area contributed by atoms with Gasteiger partial charge in [-0.2, -0.15) is 12.6 Å². The van der Waals surface area contributed by atoms with Crippen LogP contribution in [0, 0.1) is 0 Å². The van der Waals surface area contributed by atoms with Crippen molar-refractivity contribution < 1.29 is 0 Å². The van der Waals surface area contributed by atoms with Crippen molar-refractivity contribution in [3.8, 4) is 0 Å². The molecule has 0 aliphatic rings. The largest absolute Gasteiger partial charge is 0.244 e. The first-order valence-electron chi connectivity index (χ1n) is 3.22. The van der Waals surface area contributed by atoms with Crippen molar-refractivity contribution in [1.82, 2.24) is 4.98 Å². The van der Waals surface area contributed by atoms with Gasteiger partial charge in [0, 0.05) is 17.5 Å². The van der Waals surface area contributed by atoms with Gasteiger partial charge in [-0.1, -0.05) is 29.8 Å². The molecule has 58 valence electrons. The predicted molar refractivity (Wildman–Crippen MR) is 52.1 cm³/mol. The number of pyridine rings is 1. The highest BCUT2D eigenvalue weighted by atomic mass is 35.5. The Labute approximate surface area is 76.5 Å². The summed E-state index contributed by atoms with van der Waals surface area (Å²) in [7, 11) is 0. The third kappa shape index (κ3) is 2.56. The lowest BCUT2D eigenvalue weighted by Crippen LogP contribution is -1.78. The van der Waals surface area contributed by atoms with Gasteiger partial charge in [0.2, 0.25) is 0 Å². The summed E-state index contributed by atoms with van der Waals surface area (Å²) in [5.74, 6) is 0.714. The van der Waals surface area contributed by atoms with Crippen molar-refractivity contribution >= 4 is 30.3 Å². The van der Waals surface area contributed by atoms with Crippen LogP contribution >= 0.6 is 24.2 Å². The molecular weight excluding hydrogens is 178 g/mol. The van der Waals surface area contributed by atoms with E-state index in [2.05, 4.69) is 17.6 Å². The van der Waals surface area contributed by atoms with E-state index in [1.165, 1.54) is 0 Å². The second-order valence-electron chi connectivity index (χ2n) is 1.97. The molecule has 1 rings (SSSR count). The quantitative estimate of drug-likeness (QED) is 0.552. The van der Waals surface area contributed by atoms with Crippen LogP contribution in [0.1, 0.15) is 5.56 Å². The van der Waals surface area contributed by atoms with Crippen LogP contribution in [-0.2, 0) is 0 Å². The number of nitrogens with zero attached hydrogens (tertiary/aromatic N) is 1.